The van der Waals surface area contributed by atoms with E-state index in [1.807, 2.05) is 24.5 Å². The normalized spacial score (nSPS) is 26.9. The SMILES string of the molecule is CN(Cc1ccco1)C[C@H]1OC[C@@H]2CCN(Cc3ccncc3)C[C@@H]21. The van der Waals surface area contributed by atoms with Gasteiger partial charge < -0.3 is 9.15 Å². The number of ether oxygens (including phenoxy) is 1. The van der Waals surface area contributed by atoms with Crippen LogP contribution < -0.4 is 0 Å². The van der Waals surface area contributed by atoms with Gasteiger partial charge in [-0.25, -0.2) is 0 Å². The van der Waals surface area contributed by atoms with Crippen LogP contribution in [0.2, 0.25) is 0 Å². The minimum absolute atomic E-state index is 0.324. The van der Waals surface area contributed by atoms with E-state index < -0.39 is 0 Å². The van der Waals surface area contributed by atoms with E-state index in [0.29, 0.717) is 12.0 Å². The summed E-state index contributed by atoms with van der Waals surface area (Å²) in [5.41, 5.74) is 1.35. The predicted octanol–water partition coefficient (Wildman–Crippen LogP) is 2.64. The molecule has 0 saturated carbocycles. The first-order chi connectivity index (χ1) is 12.3. The highest BCUT2D eigenvalue weighted by Gasteiger charge is 2.41. The fraction of sp³-hybridized carbons (Fsp3) is 0.550. The van der Waals surface area contributed by atoms with Gasteiger partial charge in [-0.1, -0.05) is 0 Å². The highest BCUT2D eigenvalue weighted by atomic mass is 16.5. The molecule has 0 radical (unpaired) electrons. The Hall–Kier alpha value is -1.69. The van der Waals surface area contributed by atoms with Gasteiger partial charge in [-0.2, -0.15) is 0 Å². The quantitative estimate of drug-likeness (QED) is 0.808. The van der Waals surface area contributed by atoms with Gasteiger partial charge in [-0.15, -0.1) is 0 Å². The van der Waals surface area contributed by atoms with Crippen molar-refractivity contribution in [1.29, 1.82) is 0 Å². The average Bonchev–Trinajstić information content (AvgIpc) is 3.26. The molecule has 2 aromatic rings. The summed E-state index contributed by atoms with van der Waals surface area (Å²) in [5, 5.41) is 0. The highest BCUT2D eigenvalue weighted by Crippen LogP contribution is 2.35. The number of rotatable bonds is 6. The van der Waals surface area contributed by atoms with Crippen molar-refractivity contribution in [2.24, 2.45) is 11.8 Å². The number of hydrogen-bond acceptors (Lipinski definition) is 5. The lowest BCUT2D eigenvalue weighted by Gasteiger charge is -2.36. The fourth-order valence-electron chi connectivity index (χ4n) is 4.22. The Bertz CT molecular complexity index is 646. The van der Waals surface area contributed by atoms with E-state index in [1.165, 1.54) is 18.5 Å². The van der Waals surface area contributed by atoms with Crippen LogP contribution in [0.25, 0.3) is 0 Å². The first kappa shape index (κ1) is 16.8. The molecule has 5 heteroatoms. The summed E-state index contributed by atoms with van der Waals surface area (Å²) in [6.45, 7) is 6.04. The van der Waals surface area contributed by atoms with E-state index in [2.05, 4.69) is 34.0 Å². The van der Waals surface area contributed by atoms with Crippen LogP contribution in [0.15, 0.2) is 47.3 Å². The summed E-state index contributed by atoms with van der Waals surface area (Å²) >= 11 is 0. The lowest BCUT2D eigenvalue weighted by Crippen LogP contribution is -2.44. The minimum Gasteiger partial charge on any atom is -0.468 e. The molecular formula is C20H27N3O2. The Morgan fingerprint density at radius 3 is 2.96 bits per heavy atom. The molecular weight excluding hydrogens is 314 g/mol. The van der Waals surface area contributed by atoms with Crippen LogP contribution in [0, 0.1) is 11.8 Å². The van der Waals surface area contributed by atoms with Gasteiger partial charge in [0.1, 0.15) is 5.76 Å². The number of hydrogen-bond donors (Lipinski definition) is 0. The molecule has 2 aromatic heterocycles. The molecule has 0 aliphatic carbocycles. The summed E-state index contributed by atoms with van der Waals surface area (Å²) in [7, 11) is 2.15. The molecule has 3 atom stereocenters. The van der Waals surface area contributed by atoms with Gasteiger partial charge in [0.15, 0.2) is 0 Å². The maximum absolute atomic E-state index is 6.18. The summed E-state index contributed by atoms with van der Waals surface area (Å²) in [6, 6.07) is 8.22. The topological polar surface area (TPSA) is 41.7 Å². The molecule has 4 heterocycles. The molecule has 0 unspecified atom stereocenters. The molecule has 0 aromatic carbocycles. The second-order valence-electron chi connectivity index (χ2n) is 7.45. The summed E-state index contributed by atoms with van der Waals surface area (Å²) in [5.74, 6) is 2.37. The van der Waals surface area contributed by atoms with E-state index in [0.717, 1.165) is 44.5 Å². The fourth-order valence-corrected chi connectivity index (χ4v) is 4.22. The van der Waals surface area contributed by atoms with Crippen LogP contribution in [-0.2, 0) is 17.8 Å². The number of piperidine rings is 1. The van der Waals surface area contributed by atoms with Crippen molar-refractivity contribution in [3.8, 4) is 0 Å². The first-order valence-electron chi connectivity index (χ1n) is 9.22. The van der Waals surface area contributed by atoms with Crippen LogP contribution in [0.3, 0.4) is 0 Å². The largest absolute Gasteiger partial charge is 0.468 e. The van der Waals surface area contributed by atoms with Crippen LogP contribution in [0.5, 0.6) is 0 Å². The van der Waals surface area contributed by atoms with E-state index in [-0.39, 0.29) is 0 Å². The lowest BCUT2D eigenvalue weighted by atomic mass is 9.84. The third-order valence-electron chi connectivity index (χ3n) is 5.55. The van der Waals surface area contributed by atoms with Crippen LogP contribution in [0.1, 0.15) is 17.7 Å². The Balaban J connectivity index is 1.33. The van der Waals surface area contributed by atoms with Crippen LogP contribution in [0.4, 0.5) is 0 Å². The number of aromatic nitrogens is 1. The van der Waals surface area contributed by atoms with Gasteiger partial charge in [0.05, 0.1) is 25.5 Å². The molecule has 5 nitrogen and oxygen atoms in total. The maximum atomic E-state index is 6.18. The highest BCUT2D eigenvalue weighted by molar-refractivity contribution is 5.10. The Kier molecular flexibility index (Phi) is 5.15. The molecule has 2 fully saturated rings. The molecule has 0 N–H and O–H groups in total. The Morgan fingerprint density at radius 2 is 2.16 bits per heavy atom. The van der Waals surface area contributed by atoms with E-state index in [4.69, 9.17) is 9.15 Å². The van der Waals surface area contributed by atoms with Crippen molar-refractivity contribution < 1.29 is 9.15 Å². The zero-order valence-electron chi connectivity index (χ0n) is 14.9. The smallest absolute Gasteiger partial charge is 0.117 e. The zero-order chi connectivity index (χ0) is 17.1. The third-order valence-corrected chi connectivity index (χ3v) is 5.55. The number of furan rings is 1. The number of nitrogens with zero attached hydrogens (tertiary/aromatic N) is 3. The van der Waals surface area contributed by atoms with Crippen molar-refractivity contribution in [1.82, 2.24) is 14.8 Å². The molecule has 0 amide bonds. The molecule has 2 aliphatic rings. The number of fused-ring (bicyclic) bond motifs is 1. The molecule has 134 valence electrons. The van der Waals surface area contributed by atoms with Crippen LogP contribution >= 0.6 is 0 Å². The van der Waals surface area contributed by atoms with Crippen molar-refractivity contribution in [2.75, 3.05) is 33.3 Å². The van der Waals surface area contributed by atoms with E-state index in [1.54, 1.807) is 6.26 Å². The average molecular weight is 341 g/mol. The minimum atomic E-state index is 0.324. The first-order valence-corrected chi connectivity index (χ1v) is 9.22. The number of likely N-dealkylation sites (tertiary alicyclic amines) is 1. The van der Waals surface area contributed by atoms with Gasteiger partial charge >= 0.3 is 0 Å². The summed E-state index contributed by atoms with van der Waals surface area (Å²) in [4.78, 5) is 9.00. The van der Waals surface area contributed by atoms with Gasteiger partial charge in [0.25, 0.3) is 0 Å². The van der Waals surface area contributed by atoms with Crippen LogP contribution in [-0.4, -0.2) is 54.2 Å². The van der Waals surface area contributed by atoms with Gasteiger partial charge in [0.2, 0.25) is 0 Å². The monoisotopic (exact) mass is 341 g/mol. The van der Waals surface area contributed by atoms with E-state index >= 15 is 0 Å². The molecule has 0 bridgehead atoms. The molecule has 0 spiro atoms. The van der Waals surface area contributed by atoms with Gasteiger partial charge in [-0.05, 0) is 55.8 Å². The molecule has 2 saturated heterocycles. The second kappa shape index (κ2) is 7.68. The lowest BCUT2D eigenvalue weighted by molar-refractivity contribution is 0.0459. The molecule has 4 rings (SSSR count). The second-order valence-corrected chi connectivity index (χ2v) is 7.45. The molecule has 25 heavy (non-hydrogen) atoms. The standard InChI is InChI=1S/C20H27N3O2/c1-22(12-18-3-2-10-24-18)14-20-19-13-23(9-6-17(19)15-25-20)11-16-4-7-21-8-5-16/h2-5,7-8,10,17,19-20H,6,9,11-15H2,1H3/t17-,19-,20+/m0/s1. The van der Waals surface area contributed by atoms with Crippen molar-refractivity contribution in [2.45, 2.75) is 25.6 Å². The molecule has 2 aliphatic heterocycles. The number of pyridine rings is 1. The van der Waals surface area contributed by atoms with Crippen molar-refractivity contribution >= 4 is 0 Å². The van der Waals surface area contributed by atoms with Gasteiger partial charge in [0, 0.05) is 37.9 Å². The predicted molar refractivity (Wildman–Crippen MR) is 95.9 cm³/mol. The van der Waals surface area contributed by atoms with Crippen molar-refractivity contribution in [3.05, 3.63) is 54.2 Å². The third kappa shape index (κ3) is 4.11. The van der Waals surface area contributed by atoms with Crippen molar-refractivity contribution in [3.63, 3.8) is 0 Å². The van der Waals surface area contributed by atoms with Gasteiger partial charge in [-0.3, -0.25) is 14.8 Å². The maximum Gasteiger partial charge on any atom is 0.117 e. The summed E-state index contributed by atoms with van der Waals surface area (Å²) < 4.78 is 11.6. The number of likely N-dealkylation sites (N-methyl/N-ethyl adjacent to an activating group) is 1. The summed E-state index contributed by atoms with van der Waals surface area (Å²) in [6.07, 6.45) is 7.07. The zero-order valence-corrected chi connectivity index (χ0v) is 14.9. The van der Waals surface area contributed by atoms with E-state index in [9.17, 15) is 0 Å². The Labute approximate surface area is 149 Å². The Morgan fingerprint density at radius 1 is 1.28 bits per heavy atom.